The molecule has 0 radical (unpaired) electrons. The maximum absolute atomic E-state index is 12.3. The number of hydrogen-bond donors (Lipinski definition) is 0. The fourth-order valence-corrected chi connectivity index (χ4v) is 9.10. The second kappa shape index (κ2) is 21.1. The molecule has 320 valence electrons. The minimum absolute atomic E-state index is 0.0736. The van der Waals surface area contributed by atoms with Gasteiger partial charge in [0, 0.05) is 74.2 Å². The van der Waals surface area contributed by atoms with Gasteiger partial charge in [-0.1, -0.05) is 46.1 Å². The number of ketones is 1. The van der Waals surface area contributed by atoms with E-state index in [0.29, 0.717) is 25.0 Å². The molecule has 2 unspecified atom stereocenters. The molecule has 0 saturated heterocycles. The van der Waals surface area contributed by atoms with Crippen LogP contribution in [-0.4, -0.2) is 67.1 Å². The first-order chi connectivity index (χ1) is 29.7. The topological polar surface area (TPSA) is 67.4 Å². The van der Waals surface area contributed by atoms with Crippen LogP contribution in [0.25, 0.3) is 17.0 Å². The van der Waals surface area contributed by atoms with Gasteiger partial charge in [-0.3, -0.25) is 4.79 Å². The third-order valence-corrected chi connectivity index (χ3v) is 12.3. The molecular formula is C53H64N4O4. The highest BCUT2D eigenvalue weighted by Crippen LogP contribution is 2.43. The van der Waals surface area contributed by atoms with Crippen LogP contribution in [0.2, 0.25) is 0 Å². The molecule has 2 aromatic carbocycles. The minimum atomic E-state index is 0.0736. The van der Waals surface area contributed by atoms with Crippen molar-refractivity contribution >= 4 is 28.6 Å². The molecule has 0 bridgehead atoms. The van der Waals surface area contributed by atoms with Gasteiger partial charge in [-0.2, -0.15) is 0 Å². The van der Waals surface area contributed by atoms with Gasteiger partial charge >= 0.3 is 0 Å². The molecule has 0 N–H and O–H groups in total. The van der Waals surface area contributed by atoms with Crippen LogP contribution in [0.5, 0.6) is 17.2 Å². The number of pyridine rings is 1. The highest BCUT2D eigenvalue weighted by molar-refractivity contribution is 5.91. The number of hydrogen-bond acceptors (Lipinski definition) is 8. The van der Waals surface area contributed by atoms with Gasteiger partial charge in [-0.25, -0.2) is 4.98 Å². The van der Waals surface area contributed by atoms with Crippen molar-refractivity contribution in [3.63, 3.8) is 0 Å². The number of ether oxygens (including phenoxy) is 3. The van der Waals surface area contributed by atoms with Crippen LogP contribution in [-0.2, 0) is 17.8 Å². The molecule has 3 aromatic rings. The highest BCUT2D eigenvalue weighted by Gasteiger charge is 2.34. The molecule has 1 saturated carbocycles. The first kappa shape index (κ1) is 44.6. The standard InChI is InChI=1S/C53H64N4O4/c1-10-16-29-56(28-11-2)53-33-45-46(34-54-53)48(14-5)55(7)36-47(45)38-31-51(59-8)44(52(32-38)60-9)21-19-17-18-20-41(13-4)61-42-25-26-43-39(30-42)35-57(49(43)15-6)50-27-24-40(58)23-22-37(50)12-3/h10,25-26,30-34,36,41,50H,1,3,5-6,11,13,16-24,27-29,35H2,2,4,7-9H3. The van der Waals surface area contributed by atoms with Crippen LogP contribution in [0, 0.1) is 0 Å². The van der Waals surface area contributed by atoms with E-state index in [2.05, 4.69) is 115 Å². The van der Waals surface area contributed by atoms with Gasteiger partial charge in [0.25, 0.3) is 0 Å². The maximum atomic E-state index is 12.3. The molecule has 61 heavy (non-hydrogen) atoms. The van der Waals surface area contributed by atoms with Crippen molar-refractivity contribution in [1.29, 1.82) is 0 Å². The summed E-state index contributed by atoms with van der Waals surface area (Å²) >= 11 is 0. The summed E-state index contributed by atoms with van der Waals surface area (Å²) < 4.78 is 18.8. The predicted molar refractivity (Wildman–Crippen MR) is 250 cm³/mol. The summed E-state index contributed by atoms with van der Waals surface area (Å²) in [5.41, 5.74) is 20.0. The van der Waals surface area contributed by atoms with Gasteiger partial charge in [0.15, 0.2) is 0 Å². The summed E-state index contributed by atoms with van der Waals surface area (Å²) in [5.74, 6) is 3.78. The molecule has 3 heterocycles. The fraction of sp³-hybridized carbons (Fsp3) is 0.415. The Balaban J connectivity index is 1.11. The number of nitrogens with zero attached hydrogens (tertiary/aromatic N) is 4. The maximum Gasteiger partial charge on any atom is 0.133 e. The molecule has 0 spiro atoms. The van der Waals surface area contributed by atoms with Gasteiger partial charge in [-0.15, -0.1) is 23.8 Å². The van der Waals surface area contributed by atoms with Crippen molar-refractivity contribution in [2.24, 2.45) is 0 Å². The zero-order valence-corrected chi connectivity index (χ0v) is 37.2. The van der Waals surface area contributed by atoms with Crippen LogP contribution < -0.4 is 19.1 Å². The summed E-state index contributed by atoms with van der Waals surface area (Å²) in [5, 5.41) is 0. The van der Waals surface area contributed by atoms with Gasteiger partial charge in [0.2, 0.25) is 0 Å². The Kier molecular flexibility index (Phi) is 15.4. The molecule has 2 aliphatic heterocycles. The van der Waals surface area contributed by atoms with Gasteiger partial charge in [0.1, 0.15) is 28.8 Å². The summed E-state index contributed by atoms with van der Waals surface area (Å²) in [6.45, 7) is 22.8. The van der Waals surface area contributed by atoms with E-state index in [0.717, 1.165) is 151 Å². The van der Waals surface area contributed by atoms with Crippen molar-refractivity contribution < 1.29 is 19.0 Å². The molecule has 3 aliphatic rings. The van der Waals surface area contributed by atoms with E-state index in [1.807, 2.05) is 19.3 Å². The number of benzene rings is 2. The number of carbonyl (C=O) groups is 1. The monoisotopic (exact) mass is 820 g/mol. The van der Waals surface area contributed by atoms with E-state index in [4.69, 9.17) is 19.2 Å². The number of unbranched alkanes of at least 4 members (excludes halogenated alkanes) is 2. The lowest BCUT2D eigenvalue weighted by Gasteiger charge is -2.30. The average molecular weight is 821 g/mol. The Labute approximate surface area is 364 Å². The molecule has 0 amide bonds. The van der Waals surface area contributed by atoms with Crippen LogP contribution in [0.1, 0.15) is 118 Å². The second-order valence-corrected chi connectivity index (χ2v) is 16.2. The average Bonchev–Trinajstić information content (AvgIpc) is 3.53. The van der Waals surface area contributed by atoms with E-state index in [1.165, 1.54) is 5.56 Å². The summed E-state index contributed by atoms with van der Waals surface area (Å²) in [4.78, 5) is 23.9. The Morgan fingerprint density at radius 3 is 2.36 bits per heavy atom. The van der Waals surface area contributed by atoms with Crippen LogP contribution in [0.4, 0.5) is 5.82 Å². The Bertz CT molecular complexity index is 2260. The molecule has 2 atom stereocenters. The minimum Gasteiger partial charge on any atom is -0.496 e. The first-order valence-electron chi connectivity index (χ1n) is 22.1. The molecular weight excluding hydrogens is 757 g/mol. The predicted octanol–water partition coefficient (Wildman–Crippen LogP) is 11.5. The molecule has 1 aliphatic carbocycles. The van der Waals surface area contributed by atoms with Crippen molar-refractivity contribution in [1.82, 2.24) is 14.8 Å². The van der Waals surface area contributed by atoms with Gasteiger partial charge in [-0.05, 0) is 116 Å². The lowest BCUT2D eigenvalue weighted by atomic mass is 9.89. The molecule has 8 nitrogen and oxygen atoms in total. The molecule has 1 aromatic heterocycles. The molecule has 6 rings (SSSR count). The Morgan fingerprint density at radius 2 is 1.69 bits per heavy atom. The zero-order valence-electron chi connectivity index (χ0n) is 37.2. The Hall–Kier alpha value is -5.90. The third kappa shape index (κ3) is 10.0. The largest absolute Gasteiger partial charge is 0.496 e. The normalized spacial score (nSPS) is 16.4. The number of rotatable bonds is 19. The lowest BCUT2D eigenvalue weighted by Crippen LogP contribution is -2.31. The SMILES string of the molecule is C=C=C1CCC(=O)CCC1N1Cc2cc(OC(CC)CCCCCc3c(OC)cc(C4=CN(C)C(=C=C)c5cnc(N(CCC)CCC=C)cc54)cc3OC)ccc2C1=C=C. The molecule has 8 heteroatoms. The van der Waals surface area contributed by atoms with Gasteiger partial charge in [0.05, 0.1) is 37.8 Å². The van der Waals surface area contributed by atoms with E-state index in [9.17, 15) is 4.79 Å². The van der Waals surface area contributed by atoms with Crippen LogP contribution in [0.15, 0.2) is 104 Å². The zero-order chi connectivity index (χ0) is 43.5. The van der Waals surface area contributed by atoms with Crippen LogP contribution in [0.3, 0.4) is 0 Å². The highest BCUT2D eigenvalue weighted by atomic mass is 16.5. The number of methoxy groups -OCH3 is 2. The Morgan fingerprint density at radius 1 is 0.918 bits per heavy atom. The van der Waals surface area contributed by atoms with Crippen LogP contribution >= 0.6 is 0 Å². The van der Waals surface area contributed by atoms with E-state index in [-0.39, 0.29) is 12.1 Å². The number of anilines is 1. The van der Waals surface area contributed by atoms with Crippen molar-refractivity contribution in [2.45, 2.75) is 110 Å². The van der Waals surface area contributed by atoms with Gasteiger partial charge < -0.3 is 28.9 Å². The first-order valence-corrected chi connectivity index (χ1v) is 22.1. The lowest BCUT2D eigenvalue weighted by molar-refractivity contribution is -0.118. The van der Waals surface area contributed by atoms with E-state index in [1.54, 1.807) is 14.2 Å². The van der Waals surface area contributed by atoms with Crippen molar-refractivity contribution in [3.8, 4) is 17.2 Å². The number of aromatic nitrogens is 1. The van der Waals surface area contributed by atoms with Crippen molar-refractivity contribution in [2.75, 3.05) is 39.3 Å². The number of Topliss-reactive ketones (excluding diaryl/α,β-unsaturated/α-hetero) is 1. The number of fused-ring (bicyclic) bond motifs is 2. The quantitative estimate of drug-likeness (QED) is 0.0513. The summed E-state index contributed by atoms with van der Waals surface area (Å²) in [7, 11) is 5.50. The fourth-order valence-electron chi connectivity index (χ4n) is 9.10. The summed E-state index contributed by atoms with van der Waals surface area (Å²) in [6.07, 6.45) is 16.5. The third-order valence-electron chi connectivity index (χ3n) is 12.3. The number of carbonyl (C=O) groups excluding carboxylic acids is 1. The van der Waals surface area contributed by atoms with Crippen molar-refractivity contribution in [3.05, 3.63) is 137 Å². The van der Waals surface area contributed by atoms with E-state index >= 15 is 0 Å². The van der Waals surface area contributed by atoms with E-state index < -0.39 is 0 Å². The molecule has 1 fully saturated rings. The smallest absolute Gasteiger partial charge is 0.133 e. The summed E-state index contributed by atoms with van der Waals surface area (Å²) in [6, 6.07) is 12.9. The second-order valence-electron chi connectivity index (χ2n) is 16.2.